The second-order valence-electron chi connectivity index (χ2n) is 4.52. The molecule has 0 aliphatic rings. The summed E-state index contributed by atoms with van der Waals surface area (Å²) in [5, 5.41) is 0. The van der Waals surface area contributed by atoms with Crippen molar-refractivity contribution in [1.82, 2.24) is 0 Å². The van der Waals surface area contributed by atoms with Crippen molar-refractivity contribution < 1.29 is 9.18 Å². The molecule has 1 nitrogen and oxygen atoms in total. The molecule has 0 heterocycles. The van der Waals surface area contributed by atoms with Crippen LogP contribution in [0.1, 0.15) is 26.3 Å². The Kier molecular flexibility index (Phi) is 3.40. The monoisotopic (exact) mass is 206 g/mol. The number of benzene rings is 1. The summed E-state index contributed by atoms with van der Waals surface area (Å²) in [5.41, 5.74) is 1.16. The highest BCUT2D eigenvalue weighted by Gasteiger charge is 2.15. The third-order valence-electron chi connectivity index (χ3n) is 2.16. The number of allylic oxidation sites excluding steroid dienone is 1. The van der Waals surface area contributed by atoms with E-state index in [1.165, 1.54) is 12.1 Å². The van der Waals surface area contributed by atoms with Crippen molar-refractivity contribution >= 4 is 12.4 Å². The molecule has 0 atom stereocenters. The van der Waals surface area contributed by atoms with E-state index < -0.39 is 0 Å². The number of aldehydes is 1. The second kappa shape index (κ2) is 4.39. The summed E-state index contributed by atoms with van der Waals surface area (Å²) in [6, 6.07) is 6.20. The van der Waals surface area contributed by atoms with E-state index in [9.17, 15) is 9.18 Å². The van der Waals surface area contributed by atoms with Gasteiger partial charge in [0.2, 0.25) is 0 Å². The summed E-state index contributed by atoms with van der Waals surface area (Å²) >= 11 is 0. The molecule has 0 aromatic heterocycles. The molecule has 1 aromatic rings. The van der Waals surface area contributed by atoms with Crippen LogP contribution in [0, 0.1) is 11.2 Å². The second-order valence-corrected chi connectivity index (χ2v) is 4.52. The van der Waals surface area contributed by atoms with E-state index in [0.717, 1.165) is 6.29 Å². The molecule has 0 radical (unpaired) electrons. The Labute approximate surface area is 89.6 Å². The SMILES string of the molecule is CC(C)(C)/C(C=O)=C/c1cccc(F)c1. The molecule has 1 aromatic carbocycles. The van der Waals surface area contributed by atoms with Crippen LogP contribution in [-0.4, -0.2) is 6.29 Å². The number of halogens is 1. The highest BCUT2D eigenvalue weighted by molar-refractivity contribution is 5.83. The van der Waals surface area contributed by atoms with Crippen LogP contribution in [0.4, 0.5) is 4.39 Å². The lowest BCUT2D eigenvalue weighted by Crippen LogP contribution is -2.10. The molecule has 1 rings (SSSR count). The largest absolute Gasteiger partial charge is 0.298 e. The van der Waals surface area contributed by atoms with Crippen LogP contribution in [0.25, 0.3) is 6.08 Å². The Morgan fingerprint density at radius 2 is 2.00 bits per heavy atom. The van der Waals surface area contributed by atoms with Crippen molar-refractivity contribution in [3.8, 4) is 0 Å². The third-order valence-corrected chi connectivity index (χ3v) is 2.16. The van der Waals surface area contributed by atoms with E-state index in [1.807, 2.05) is 20.8 Å². The van der Waals surface area contributed by atoms with Gasteiger partial charge in [-0.25, -0.2) is 4.39 Å². The number of carbonyl (C=O) groups is 1. The van der Waals surface area contributed by atoms with Gasteiger partial charge in [-0.1, -0.05) is 32.9 Å². The zero-order valence-corrected chi connectivity index (χ0v) is 9.25. The first-order valence-electron chi connectivity index (χ1n) is 4.86. The molecule has 0 saturated carbocycles. The molecule has 2 heteroatoms. The lowest BCUT2D eigenvalue weighted by molar-refractivity contribution is -0.105. The first-order valence-corrected chi connectivity index (χ1v) is 4.86. The van der Waals surface area contributed by atoms with Crippen LogP contribution in [0.3, 0.4) is 0 Å². The summed E-state index contributed by atoms with van der Waals surface area (Å²) in [5.74, 6) is -0.289. The predicted molar refractivity (Wildman–Crippen MR) is 59.9 cm³/mol. The number of carbonyl (C=O) groups excluding carboxylic acids is 1. The Bertz CT molecular complexity index is 386. The normalized spacial score (nSPS) is 12.7. The van der Waals surface area contributed by atoms with Crippen LogP contribution in [-0.2, 0) is 4.79 Å². The minimum Gasteiger partial charge on any atom is -0.298 e. The van der Waals surface area contributed by atoms with Crippen LogP contribution < -0.4 is 0 Å². The summed E-state index contributed by atoms with van der Waals surface area (Å²) in [6.07, 6.45) is 2.54. The van der Waals surface area contributed by atoms with Crippen molar-refractivity contribution in [2.24, 2.45) is 5.41 Å². The molecule has 15 heavy (non-hydrogen) atoms. The summed E-state index contributed by atoms with van der Waals surface area (Å²) < 4.78 is 12.9. The fourth-order valence-corrected chi connectivity index (χ4v) is 1.20. The highest BCUT2D eigenvalue weighted by Crippen LogP contribution is 2.25. The zero-order valence-electron chi connectivity index (χ0n) is 9.25. The number of hydrogen-bond donors (Lipinski definition) is 0. The van der Waals surface area contributed by atoms with E-state index in [-0.39, 0.29) is 11.2 Å². The maximum atomic E-state index is 12.9. The lowest BCUT2D eigenvalue weighted by atomic mass is 9.86. The fourth-order valence-electron chi connectivity index (χ4n) is 1.20. The average Bonchev–Trinajstić information content (AvgIpc) is 2.12. The lowest BCUT2D eigenvalue weighted by Gasteiger charge is -2.18. The molecule has 0 amide bonds. The standard InChI is InChI=1S/C13H15FO/c1-13(2,3)11(9-15)7-10-5-4-6-12(14)8-10/h4-9H,1-3H3/b11-7+. The van der Waals surface area contributed by atoms with E-state index in [2.05, 4.69) is 0 Å². The number of rotatable bonds is 2. The van der Waals surface area contributed by atoms with Gasteiger partial charge in [-0.2, -0.15) is 0 Å². The van der Waals surface area contributed by atoms with Crippen molar-refractivity contribution in [2.75, 3.05) is 0 Å². The Hall–Kier alpha value is -1.44. The maximum Gasteiger partial charge on any atom is 0.146 e. The molecule has 0 N–H and O–H groups in total. The Balaban J connectivity index is 3.09. The average molecular weight is 206 g/mol. The van der Waals surface area contributed by atoms with Gasteiger partial charge < -0.3 is 0 Å². The van der Waals surface area contributed by atoms with Gasteiger partial charge in [-0.3, -0.25) is 4.79 Å². The van der Waals surface area contributed by atoms with Gasteiger partial charge in [0.1, 0.15) is 12.1 Å². The quantitative estimate of drug-likeness (QED) is 0.535. The Morgan fingerprint density at radius 1 is 1.33 bits per heavy atom. The third kappa shape index (κ3) is 3.31. The smallest absolute Gasteiger partial charge is 0.146 e. The topological polar surface area (TPSA) is 17.1 Å². The first kappa shape index (κ1) is 11.6. The fraction of sp³-hybridized carbons (Fsp3) is 0.308. The van der Waals surface area contributed by atoms with Gasteiger partial charge in [0.15, 0.2) is 0 Å². The van der Waals surface area contributed by atoms with Crippen LogP contribution in [0.15, 0.2) is 29.8 Å². The number of hydrogen-bond acceptors (Lipinski definition) is 1. The van der Waals surface area contributed by atoms with Gasteiger partial charge in [0, 0.05) is 0 Å². The van der Waals surface area contributed by atoms with Crippen LogP contribution in [0.2, 0.25) is 0 Å². The molecule has 0 fully saturated rings. The molecule has 0 aliphatic carbocycles. The zero-order chi connectivity index (χ0) is 11.5. The van der Waals surface area contributed by atoms with Gasteiger partial charge in [-0.15, -0.1) is 0 Å². The minimum atomic E-state index is -0.289. The van der Waals surface area contributed by atoms with Gasteiger partial charge in [0.05, 0.1) is 0 Å². The van der Waals surface area contributed by atoms with E-state index in [1.54, 1.807) is 18.2 Å². The summed E-state index contributed by atoms with van der Waals surface area (Å²) in [7, 11) is 0. The molecular weight excluding hydrogens is 191 g/mol. The van der Waals surface area contributed by atoms with Crippen molar-refractivity contribution in [1.29, 1.82) is 0 Å². The molecular formula is C13H15FO. The Morgan fingerprint density at radius 3 is 2.47 bits per heavy atom. The van der Waals surface area contributed by atoms with Gasteiger partial charge in [-0.05, 0) is 34.8 Å². The van der Waals surface area contributed by atoms with Crippen LogP contribution in [0.5, 0.6) is 0 Å². The molecule has 0 aliphatic heterocycles. The molecule has 0 unspecified atom stereocenters. The minimum absolute atomic E-state index is 0.214. The molecule has 0 bridgehead atoms. The predicted octanol–water partition coefficient (Wildman–Crippen LogP) is 3.45. The van der Waals surface area contributed by atoms with Crippen molar-refractivity contribution in [3.63, 3.8) is 0 Å². The molecule has 0 saturated heterocycles. The van der Waals surface area contributed by atoms with Gasteiger partial charge in [0.25, 0.3) is 0 Å². The highest BCUT2D eigenvalue weighted by atomic mass is 19.1. The molecule has 0 spiro atoms. The van der Waals surface area contributed by atoms with E-state index in [0.29, 0.717) is 11.1 Å². The van der Waals surface area contributed by atoms with E-state index >= 15 is 0 Å². The maximum absolute atomic E-state index is 12.9. The van der Waals surface area contributed by atoms with E-state index in [4.69, 9.17) is 0 Å². The van der Waals surface area contributed by atoms with Gasteiger partial charge >= 0.3 is 0 Å². The summed E-state index contributed by atoms with van der Waals surface area (Å²) in [6.45, 7) is 5.85. The summed E-state index contributed by atoms with van der Waals surface area (Å²) in [4.78, 5) is 10.9. The molecule has 80 valence electrons. The van der Waals surface area contributed by atoms with Crippen molar-refractivity contribution in [3.05, 3.63) is 41.2 Å². The van der Waals surface area contributed by atoms with Crippen molar-refractivity contribution in [2.45, 2.75) is 20.8 Å². The first-order chi connectivity index (χ1) is 6.93. The van der Waals surface area contributed by atoms with Crippen LogP contribution >= 0.6 is 0 Å².